The molecule has 1 saturated heterocycles. The number of primary amides is 1. The standard InChI is InChI=1S/C18H19FN6O3/c1-9-5-11(15(20)26)12(19)6-13(9)22-17-21-7-14-16(23-17)25(18(27)24(14)2)10-3-4-28-8-10/h5-7,10H,3-4,8H2,1-2H3,(H2,20,26)(H,21,22,23)/t10-/m1/s1. The second-order valence-corrected chi connectivity index (χ2v) is 6.77. The molecule has 0 unspecified atom stereocenters. The smallest absolute Gasteiger partial charge is 0.330 e. The summed E-state index contributed by atoms with van der Waals surface area (Å²) in [6.45, 7) is 2.75. The van der Waals surface area contributed by atoms with Gasteiger partial charge in [0.1, 0.15) is 11.3 Å². The van der Waals surface area contributed by atoms with Crippen LogP contribution in [-0.2, 0) is 11.8 Å². The minimum Gasteiger partial charge on any atom is -0.379 e. The van der Waals surface area contributed by atoms with Crippen molar-refractivity contribution in [1.29, 1.82) is 0 Å². The first-order chi connectivity index (χ1) is 13.4. The number of ether oxygens (including phenoxy) is 1. The summed E-state index contributed by atoms with van der Waals surface area (Å²) >= 11 is 0. The van der Waals surface area contributed by atoms with Crippen LogP contribution in [0.25, 0.3) is 11.2 Å². The number of anilines is 2. The van der Waals surface area contributed by atoms with Crippen molar-refractivity contribution in [3.63, 3.8) is 0 Å². The Morgan fingerprint density at radius 3 is 2.89 bits per heavy atom. The second-order valence-electron chi connectivity index (χ2n) is 6.77. The normalized spacial score (nSPS) is 16.6. The summed E-state index contributed by atoms with van der Waals surface area (Å²) in [5.74, 6) is -1.36. The second kappa shape index (κ2) is 6.71. The molecule has 3 heterocycles. The van der Waals surface area contributed by atoms with Gasteiger partial charge in [-0.15, -0.1) is 0 Å². The van der Waals surface area contributed by atoms with Crippen LogP contribution in [0.1, 0.15) is 28.4 Å². The quantitative estimate of drug-likeness (QED) is 0.700. The number of nitrogens with zero attached hydrogens (tertiary/aromatic N) is 4. The number of amides is 1. The number of hydrogen-bond acceptors (Lipinski definition) is 6. The van der Waals surface area contributed by atoms with Gasteiger partial charge < -0.3 is 15.8 Å². The number of aryl methyl sites for hydroxylation is 2. The lowest BCUT2D eigenvalue weighted by Crippen LogP contribution is -2.26. The first-order valence-corrected chi connectivity index (χ1v) is 8.75. The predicted octanol–water partition coefficient (Wildman–Crippen LogP) is 1.38. The Balaban J connectivity index is 1.76. The summed E-state index contributed by atoms with van der Waals surface area (Å²) in [5, 5.41) is 2.95. The number of hydrogen-bond donors (Lipinski definition) is 2. The zero-order chi connectivity index (χ0) is 20.0. The average Bonchev–Trinajstić information content (AvgIpc) is 3.25. The van der Waals surface area contributed by atoms with Crippen LogP contribution in [0.15, 0.2) is 23.1 Å². The van der Waals surface area contributed by atoms with E-state index < -0.39 is 11.7 Å². The molecule has 0 saturated carbocycles. The van der Waals surface area contributed by atoms with Crippen LogP contribution in [0.5, 0.6) is 0 Å². The first-order valence-electron chi connectivity index (χ1n) is 8.75. The molecule has 1 atom stereocenters. The van der Waals surface area contributed by atoms with Crippen molar-refractivity contribution in [3.8, 4) is 0 Å². The van der Waals surface area contributed by atoms with Crippen LogP contribution in [0, 0.1) is 12.7 Å². The molecule has 2 aromatic heterocycles. The molecule has 4 rings (SSSR count). The molecule has 1 fully saturated rings. The molecule has 0 radical (unpaired) electrons. The fourth-order valence-corrected chi connectivity index (χ4v) is 3.38. The number of imidazole rings is 1. The van der Waals surface area contributed by atoms with Gasteiger partial charge in [0.2, 0.25) is 5.95 Å². The molecule has 0 aliphatic carbocycles. The molecule has 1 aliphatic rings. The Labute approximate surface area is 158 Å². The number of carbonyl (C=O) groups excluding carboxylic acids is 1. The van der Waals surface area contributed by atoms with Gasteiger partial charge in [-0.1, -0.05) is 0 Å². The molecule has 3 aromatic rings. The molecule has 1 amide bonds. The number of nitrogens with two attached hydrogens (primary N) is 1. The maximum absolute atomic E-state index is 14.1. The fraction of sp³-hybridized carbons (Fsp3) is 0.333. The van der Waals surface area contributed by atoms with E-state index in [-0.39, 0.29) is 23.2 Å². The van der Waals surface area contributed by atoms with Crippen molar-refractivity contribution in [1.82, 2.24) is 19.1 Å². The van der Waals surface area contributed by atoms with Crippen LogP contribution >= 0.6 is 0 Å². The topological polar surface area (TPSA) is 117 Å². The van der Waals surface area contributed by atoms with E-state index in [1.165, 1.54) is 16.7 Å². The van der Waals surface area contributed by atoms with Gasteiger partial charge in [0.15, 0.2) is 5.65 Å². The molecular weight excluding hydrogens is 367 g/mol. The zero-order valence-electron chi connectivity index (χ0n) is 15.4. The van der Waals surface area contributed by atoms with Gasteiger partial charge >= 0.3 is 5.69 Å². The van der Waals surface area contributed by atoms with Crippen molar-refractivity contribution in [3.05, 3.63) is 45.8 Å². The largest absolute Gasteiger partial charge is 0.379 e. The van der Waals surface area contributed by atoms with Crippen LogP contribution < -0.4 is 16.7 Å². The summed E-state index contributed by atoms with van der Waals surface area (Å²) in [6, 6.07) is 2.45. The van der Waals surface area contributed by atoms with E-state index in [9.17, 15) is 14.0 Å². The highest BCUT2D eigenvalue weighted by atomic mass is 19.1. The van der Waals surface area contributed by atoms with Gasteiger partial charge in [0.25, 0.3) is 5.91 Å². The number of fused-ring (bicyclic) bond motifs is 1. The van der Waals surface area contributed by atoms with Crippen LogP contribution in [0.3, 0.4) is 0 Å². The average molecular weight is 386 g/mol. The van der Waals surface area contributed by atoms with E-state index >= 15 is 0 Å². The molecule has 10 heteroatoms. The molecule has 9 nitrogen and oxygen atoms in total. The maximum atomic E-state index is 14.1. The van der Waals surface area contributed by atoms with E-state index in [0.717, 1.165) is 6.42 Å². The Morgan fingerprint density at radius 1 is 1.43 bits per heavy atom. The Hall–Kier alpha value is -3.27. The summed E-state index contributed by atoms with van der Waals surface area (Å²) in [6.07, 6.45) is 2.27. The molecule has 146 valence electrons. The Morgan fingerprint density at radius 2 is 2.21 bits per heavy atom. The molecule has 0 spiro atoms. The number of benzene rings is 1. The van der Waals surface area contributed by atoms with Crippen LogP contribution in [0.4, 0.5) is 16.0 Å². The Kier molecular flexibility index (Phi) is 4.34. The fourth-order valence-electron chi connectivity index (χ4n) is 3.38. The van der Waals surface area contributed by atoms with Crippen LogP contribution in [-0.4, -0.2) is 38.2 Å². The monoisotopic (exact) mass is 386 g/mol. The molecule has 28 heavy (non-hydrogen) atoms. The predicted molar refractivity (Wildman–Crippen MR) is 100 cm³/mol. The summed E-state index contributed by atoms with van der Waals surface area (Å²) < 4.78 is 22.6. The van der Waals surface area contributed by atoms with Crippen molar-refractivity contribution in [2.45, 2.75) is 19.4 Å². The number of rotatable bonds is 4. The number of nitrogens with one attached hydrogen (secondary N) is 1. The van der Waals surface area contributed by atoms with Crippen molar-refractivity contribution < 1.29 is 13.9 Å². The van der Waals surface area contributed by atoms with Crippen molar-refractivity contribution in [2.24, 2.45) is 12.8 Å². The molecule has 1 aliphatic heterocycles. The highest BCUT2D eigenvalue weighted by molar-refractivity contribution is 5.94. The van der Waals surface area contributed by atoms with Crippen molar-refractivity contribution >= 4 is 28.7 Å². The van der Waals surface area contributed by atoms with E-state index in [1.54, 1.807) is 24.7 Å². The molecule has 1 aromatic carbocycles. The summed E-state index contributed by atoms with van der Waals surface area (Å²) in [4.78, 5) is 32.6. The lowest BCUT2D eigenvalue weighted by Gasteiger charge is -2.12. The third kappa shape index (κ3) is 2.91. The highest BCUT2D eigenvalue weighted by Crippen LogP contribution is 2.25. The highest BCUT2D eigenvalue weighted by Gasteiger charge is 2.24. The Bertz CT molecular complexity index is 1150. The minimum atomic E-state index is -0.836. The summed E-state index contributed by atoms with van der Waals surface area (Å²) in [7, 11) is 1.66. The lowest BCUT2D eigenvalue weighted by atomic mass is 10.1. The number of halogens is 1. The van der Waals surface area contributed by atoms with Gasteiger partial charge in [-0.25, -0.2) is 14.2 Å². The van der Waals surface area contributed by atoms with Crippen molar-refractivity contribution in [2.75, 3.05) is 18.5 Å². The van der Waals surface area contributed by atoms with E-state index in [0.29, 0.717) is 35.6 Å². The van der Waals surface area contributed by atoms with Gasteiger partial charge in [0.05, 0.1) is 24.4 Å². The first kappa shape index (κ1) is 18.1. The van der Waals surface area contributed by atoms with Gasteiger partial charge in [0, 0.05) is 19.3 Å². The van der Waals surface area contributed by atoms with Crippen LogP contribution in [0.2, 0.25) is 0 Å². The summed E-state index contributed by atoms with van der Waals surface area (Å²) in [5.41, 5.74) is 6.87. The third-order valence-electron chi connectivity index (χ3n) is 4.93. The van der Waals surface area contributed by atoms with Gasteiger partial charge in [-0.05, 0) is 31.0 Å². The minimum absolute atomic E-state index is 0.0898. The molecular formula is C18H19FN6O3. The third-order valence-corrected chi connectivity index (χ3v) is 4.93. The maximum Gasteiger partial charge on any atom is 0.330 e. The van der Waals surface area contributed by atoms with E-state index in [4.69, 9.17) is 10.5 Å². The zero-order valence-corrected chi connectivity index (χ0v) is 15.4. The van der Waals surface area contributed by atoms with E-state index in [1.807, 2.05) is 0 Å². The number of carbonyl (C=O) groups is 1. The molecule has 3 N–H and O–H groups in total. The van der Waals surface area contributed by atoms with Gasteiger partial charge in [-0.2, -0.15) is 4.98 Å². The van der Waals surface area contributed by atoms with E-state index in [2.05, 4.69) is 15.3 Å². The number of aromatic nitrogens is 4. The SMILES string of the molecule is Cc1cc(C(N)=O)c(F)cc1Nc1ncc2c(n1)n([C@@H]1CCOC1)c(=O)n2C. The molecule has 0 bridgehead atoms. The lowest BCUT2D eigenvalue weighted by molar-refractivity contribution is 0.0996. The van der Waals surface area contributed by atoms with Gasteiger partial charge in [-0.3, -0.25) is 13.9 Å².